The standard InChI is InChI=1S/C12H14N2OS/c1-7-4-5-10(6-8(7)2)13-12-14-11(15)9(3)16-12/h4-6,9H,1-3H3,(H,13,14,15)/t9-/m0/s1. The number of thioether (sulfide) groups is 1. The van der Waals surface area contributed by atoms with Crippen LogP contribution in [0.15, 0.2) is 23.2 Å². The Bertz CT molecular complexity index is 468. The Morgan fingerprint density at radius 2 is 2.06 bits per heavy atom. The first-order chi connectivity index (χ1) is 7.56. The molecule has 1 aliphatic rings. The molecule has 0 spiro atoms. The van der Waals surface area contributed by atoms with Crippen molar-refractivity contribution >= 4 is 28.5 Å². The smallest absolute Gasteiger partial charge is 0.239 e. The second-order valence-corrected chi connectivity index (χ2v) is 5.26. The molecular formula is C12H14N2OS. The summed E-state index contributed by atoms with van der Waals surface area (Å²) in [5, 5.41) is 3.42. The number of hydrogen-bond acceptors (Lipinski definition) is 3. The van der Waals surface area contributed by atoms with E-state index in [1.807, 2.05) is 25.1 Å². The molecule has 3 nitrogen and oxygen atoms in total. The van der Waals surface area contributed by atoms with E-state index < -0.39 is 0 Å². The summed E-state index contributed by atoms with van der Waals surface area (Å²) < 4.78 is 0. The van der Waals surface area contributed by atoms with E-state index >= 15 is 0 Å². The van der Waals surface area contributed by atoms with Gasteiger partial charge in [-0.25, -0.2) is 4.99 Å². The molecule has 1 atom stereocenters. The van der Waals surface area contributed by atoms with Gasteiger partial charge in [-0.1, -0.05) is 17.8 Å². The van der Waals surface area contributed by atoms with Gasteiger partial charge in [-0.3, -0.25) is 4.79 Å². The number of benzene rings is 1. The summed E-state index contributed by atoms with van der Waals surface area (Å²) in [5.41, 5.74) is 3.35. The quantitative estimate of drug-likeness (QED) is 0.811. The van der Waals surface area contributed by atoms with E-state index in [0.29, 0.717) is 5.17 Å². The normalized spacial score (nSPS) is 22.6. The lowest BCUT2D eigenvalue weighted by Gasteiger charge is -2.01. The lowest BCUT2D eigenvalue weighted by molar-refractivity contribution is -0.118. The molecule has 4 heteroatoms. The molecule has 0 aliphatic carbocycles. The molecule has 84 valence electrons. The summed E-state index contributed by atoms with van der Waals surface area (Å²) in [6, 6.07) is 6.03. The van der Waals surface area contributed by atoms with Gasteiger partial charge < -0.3 is 5.32 Å². The highest BCUT2D eigenvalue weighted by Gasteiger charge is 2.25. The minimum Gasteiger partial charge on any atom is -0.304 e. The summed E-state index contributed by atoms with van der Waals surface area (Å²) in [5.74, 6) is 0.0348. The Hall–Kier alpha value is -1.29. The third-order valence-corrected chi connectivity index (χ3v) is 3.59. The fourth-order valence-electron chi connectivity index (χ4n) is 1.42. The summed E-state index contributed by atoms with van der Waals surface area (Å²) in [6.45, 7) is 6.01. The SMILES string of the molecule is Cc1ccc(N=C2NC(=O)[C@H](C)S2)cc1C. The van der Waals surface area contributed by atoms with Crippen LogP contribution in [0.4, 0.5) is 5.69 Å². The molecular weight excluding hydrogens is 220 g/mol. The average Bonchev–Trinajstić information content (AvgIpc) is 2.52. The van der Waals surface area contributed by atoms with Crippen LogP contribution in [0, 0.1) is 13.8 Å². The summed E-state index contributed by atoms with van der Waals surface area (Å²) >= 11 is 1.47. The van der Waals surface area contributed by atoms with E-state index in [2.05, 4.69) is 24.2 Å². The molecule has 1 amide bonds. The second kappa shape index (κ2) is 4.29. The zero-order chi connectivity index (χ0) is 11.7. The molecule has 1 aromatic rings. The van der Waals surface area contributed by atoms with Crippen molar-refractivity contribution in [1.29, 1.82) is 0 Å². The van der Waals surface area contributed by atoms with Crippen LogP contribution in [0.3, 0.4) is 0 Å². The van der Waals surface area contributed by atoms with E-state index in [-0.39, 0.29) is 11.2 Å². The summed E-state index contributed by atoms with van der Waals surface area (Å²) in [4.78, 5) is 15.7. The maximum Gasteiger partial charge on any atom is 0.239 e. The lowest BCUT2D eigenvalue weighted by atomic mass is 10.1. The fourth-order valence-corrected chi connectivity index (χ4v) is 2.24. The molecule has 0 unspecified atom stereocenters. The number of rotatable bonds is 1. The molecule has 1 fully saturated rings. The van der Waals surface area contributed by atoms with Gasteiger partial charge in [-0.15, -0.1) is 0 Å². The molecule has 0 radical (unpaired) electrons. The van der Waals surface area contributed by atoms with Gasteiger partial charge in [0.05, 0.1) is 10.9 Å². The molecule has 1 N–H and O–H groups in total. The van der Waals surface area contributed by atoms with Crippen molar-refractivity contribution in [2.24, 2.45) is 4.99 Å². The van der Waals surface area contributed by atoms with Crippen LogP contribution in [0.25, 0.3) is 0 Å². The van der Waals surface area contributed by atoms with Gasteiger partial charge >= 0.3 is 0 Å². The molecule has 2 rings (SSSR count). The molecule has 0 bridgehead atoms. The van der Waals surface area contributed by atoms with Crippen LogP contribution < -0.4 is 5.32 Å². The highest BCUT2D eigenvalue weighted by molar-refractivity contribution is 8.15. The first-order valence-electron chi connectivity index (χ1n) is 5.20. The van der Waals surface area contributed by atoms with Gasteiger partial charge in [0.15, 0.2) is 5.17 Å². The third kappa shape index (κ3) is 2.27. The predicted molar refractivity (Wildman–Crippen MR) is 68.2 cm³/mol. The molecule has 1 aromatic carbocycles. The highest BCUT2D eigenvalue weighted by Crippen LogP contribution is 2.23. The number of amides is 1. The predicted octanol–water partition coefficient (Wildman–Crippen LogP) is 2.54. The Kier molecular flexibility index (Phi) is 3.01. The number of carbonyl (C=O) groups is 1. The fraction of sp³-hybridized carbons (Fsp3) is 0.333. The van der Waals surface area contributed by atoms with Gasteiger partial charge in [0.25, 0.3) is 0 Å². The number of carbonyl (C=O) groups excluding carboxylic acids is 1. The van der Waals surface area contributed by atoms with E-state index in [1.165, 1.54) is 22.9 Å². The van der Waals surface area contributed by atoms with Crippen LogP contribution >= 0.6 is 11.8 Å². The van der Waals surface area contributed by atoms with Crippen LogP contribution in [-0.2, 0) is 4.79 Å². The monoisotopic (exact) mass is 234 g/mol. The minimum atomic E-state index is -0.0368. The highest BCUT2D eigenvalue weighted by atomic mass is 32.2. The van der Waals surface area contributed by atoms with Crippen molar-refractivity contribution in [3.63, 3.8) is 0 Å². The molecule has 1 heterocycles. The molecule has 16 heavy (non-hydrogen) atoms. The van der Waals surface area contributed by atoms with Crippen LogP contribution in [0.2, 0.25) is 0 Å². The minimum absolute atomic E-state index is 0.0348. The van der Waals surface area contributed by atoms with Gasteiger partial charge in [0.2, 0.25) is 5.91 Å². The Morgan fingerprint density at radius 3 is 2.62 bits per heavy atom. The van der Waals surface area contributed by atoms with Crippen molar-refractivity contribution in [2.45, 2.75) is 26.0 Å². The number of nitrogens with zero attached hydrogens (tertiary/aromatic N) is 1. The maximum atomic E-state index is 11.3. The number of aryl methyl sites for hydroxylation is 2. The van der Waals surface area contributed by atoms with Crippen LogP contribution in [0.5, 0.6) is 0 Å². The van der Waals surface area contributed by atoms with E-state index in [4.69, 9.17) is 0 Å². The zero-order valence-electron chi connectivity index (χ0n) is 9.57. The van der Waals surface area contributed by atoms with Crippen LogP contribution in [-0.4, -0.2) is 16.3 Å². The van der Waals surface area contributed by atoms with Gasteiger partial charge in [0.1, 0.15) is 0 Å². The van der Waals surface area contributed by atoms with Gasteiger partial charge in [0, 0.05) is 0 Å². The maximum absolute atomic E-state index is 11.3. The molecule has 0 aromatic heterocycles. The first kappa shape index (κ1) is 11.2. The Labute approximate surface area is 99.3 Å². The molecule has 1 saturated heterocycles. The Balaban J connectivity index is 2.24. The van der Waals surface area contributed by atoms with Crippen molar-refractivity contribution < 1.29 is 4.79 Å². The largest absolute Gasteiger partial charge is 0.304 e. The topological polar surface area (TPSA) is 41.5 Å². The van der Waals surface area contributed by atoms with Crippen LogP contribution in [0.1, 0.15) is 18.1 Å². The first-order valence-corrected chi connectivity index (χ1v) is 6.07. The third-order valence-electron chi connectivity index (χ3n) is 2.61. The number of hydrogen-bond donors (Lipinski definition) is 1. The van der Waals surface area contributed by atoms with Crippen molar-refractivity contribution in [3.8, 4) is 0 Å². The van der Waals surface area contributed by atoms with E-state index in [9.17, 15) is 4.79 Å². The molecule has 0 saturated carbocycles. The summed E-state index contributed by atoms with van der Waals surface area (Å²) in [7, 11) is 0. The number of aliphatic imine (C=N–C) groups is 1. The summed E-state index contributed by atoms with van der Waals surface area (Å²) in [6.07, 6.45) is 0. The van der Waals surface area contributed by atoms with E-state index in [1.54, 1.807) is 0 Å². The van der Waals surface area contributed by atoms with Crippen molar-refractivity contribution in [2.75, 3.05) is 0 Å². The van der Waals surface area contributed by atoms with Crippen molar-refractivity contribution in [1.82, 2.24) is 5.32 Å². The average molecular weight is 234 g/mol. The molecule has 1 aliphatic heterocycles. The Morgan fingerprint density at radius 1 is 1.31 bits per heavy atom. The zero-order valence-corrected chi connectivity index (χ0v) is 10.4. The number of nitrogens with one attached hydrogen (secondary N) is 1. The lowest BCUT2D eigenvalue weighted by Crippen LogP contribution is -2.23. The number of amidine groups is 1. The van der Waals surface area contributed by atoms with Gasteiger partial charge in [-0.2, -0.15) is 0 Å². The second-order valence-electron chi connectivity index (χ2n) is 3.93. The van der Waals surface area contributed by atoms with Gasteiger partial charge in [-0.05, 0) is 44.0 Å². The van der Waals surface area contributed by atoms with Crippen molar-refractivity contribution in [3.05, 3.63) is 29.3 Å². The van der Waals surface area contributed by atoms with E-state index in [0.717, 1.165) is 5.69 Å².